The Labute approximate surface area is 350 Å². The van der Waals surface area contributed by atoms with E-state index in [0.717, 1.165) is 11.1 Å². The lowest BCUT2D eigenvalue weighted by Crippen LogP contribution is -2.45. The maximum atomic E-state index is 12.8. The predicted molar refractivity (Wildman–Crippen MR) is 229 cm³/mol. The highest BCUT2D eigenvalue weighted by Crippen LogP contribution is 2.27. The van der Waals surface area contributed by atoms with Gasteiger partial charge in [-0.25, -0.2) is 26.3 Å². The van der Waals surface area contributed by atoms with Gasteiger partial charge < -0.3 is 9.47 Å². The third-order valence-corrected chi connectivity index (χ3v) is 12.7. The van der Waals surface area contributed by atoms with E-state index in [9.17, 15) is 16.8 Å². The first-order valence-corrected chi connectivity index (χ1v) is 22.2. The van der Waals surface area contributed by atoms with Gasteiger partial charge in [-0.05, 0) is 97.8 Å². The summed E-state index contributed by atoms with van der Waals surface area (Å²) in [6, 6.07) is 46.9. The maximum absolute atomic E-state index is 12.8. The molecule has 298 valence electrons. The molecule has 0 saturated carbocycles. The Hall–Kier alpha value is -4.39. The summed E-state index contributed by atoms with van der Waals surface area (Å²) in [5.41, 5.74) is 1.98. The first kappa shape index (κ1) is 43.7. The molecule has 0 aromatic heterocycles. The van der Waals surface area contributed by atoms with Crippen molar-refractivity contribution in [3.8, 4) is 11.5 Å². The second-order valence-corrected chi connectivity index (χ2v) is 17.9. The SMILES string of the molecule is CC(NS(=O)(=O)c1ccccc1)C(Cc1ccc(Cl)cc1)Oc1ccccc1.CC(NS(=O)(=O)c1ccccc1)C(Cc1ccc(Cl)cc1)Oc1ccccc1Cl. The van der Waals surface area contributed by atoms with Crippen molar-refractivity contribution in [2.75, 3.05) is 0 Å². The second kappa shape index (κ2) is 20.9. The minimum absolute atomic E-state index is 0.204. The summed E-state index contributed by atoms with van der Waals surface area (Å²) in [4.78, 5) is 0.432. The number of benzene rings is 6. The van der Waals surface area contributed by atoms with Gasteiger partial charge in [0, 0.05) is 22.9 Å². The number of hydrogen-bond acceptors (Lipinski definition) is 6. The van der Waals surface area contributed by atoms with E-state index in [0.29, 0.717) is 39.4 Å². The van der Waals surface area contributed by atoms with Crippen LogP contribution in [0.3, 0.4) is 0 Å². The van der Waals surface area contributed by atoms with E-state index in [2.05, 4.69) is 9.44 Å². The quantitative estimate of drug-likeness (QED) is 0.100. The fraction of sp³-hybridized carbons (Fsp3) is 0.182. The van der Waals surface area contributed by atoms with Crippen molar-refractivity contribution in [2.24, 2.45) is 0 Å². The van der Waals surface area contributed by atoms with Crippen LogP contribution in [-0.4, -0.2) is 41.1 Å². The molecule has 0 heterocycles. The summed E-state index contributed by atoms with van der Waals surface area (Å²) < 4.78 is 68.7. The monoisotopic (exact) mass is 864 g/mol. The molecule has 0 radical (unpaired) electrons. The van der Waals surface area contributed by atoms with Crippen molar-refractivity contribution >= 4 is 54.8 Å². The Morgan fingerprint density at radius 3 is 1.26 bits per heavy atom. The number of sulfonamides is 2. The highest BCUT2D eigenvalue weighted by Gasteiger charge is 2.27. The van der Waals surface area contributed by atoms with Gasteiger partial charge in [0.25, 0.3) is 0 Å². The van der Waals surface area contributed by atoms with E-state index in [-0.39, 0.29) is 9.79 Å². The third-order valence-electron chi connectivity index (χ3n) is 8.75. The van der Waals surface area contributed by atoms with Gasteiger partial charge in [0.05, 0.1) is 26.9 Å². The van der Waals surface area contributed by atoms with Gasteiger partial charge in [0.1, 0.15) is 23.7 Å². The Bertz CT molecular complexity index is 2360. The molecule has 0 saturated heterocycles. The third kappa shape index (κ3) is 13.6. The molecule has 0 aliphatic heterocycles. The molecule has 0 fully saturated rings. The van der Waals surface area contributed by atoms with E-state index in [1.165, 1.54) is 0 Å². The molecule has 4 atom stereocenters. The van der Waals surface area contributed by atoms with Crippen molar-refractivity contribution < 1.29 is 26.3 Å². The summed E-state index contributed by atoms with van der Waals surface area (Å²) in [6.45, 7) is 3.59. The van der Waals surface area contributed by atoms with Gasteiger partial charge in [-0.15, -0.1) is 0 Å². The number of para-hydroxylation sites is 2. The minimum Gasteiger partial charge on any atom is -0.488 e. The summed E-state index contributed by atoms with van der Waals surface area (Å²) in [5.74, 6) is 1.19. The van der Waals surface area contributed by atoms with Gasteiger partial charge in [-0.1, -0.05) is 126 Å². The van der Waals surface area contributed by atoms with Gasteiger partial charge >= 0.3 is 0 Å². The molecule has 0 bridgehead atoms. The van der Waals surface area contributed by atoms with Crippen molar-refractivity contribution in [3.63, 3.8) is 0 Å². The molecule has 0 amide bonds. The normalized spacial score (nSPS) is 13.6. The highest BCUT2D eigenvalue weighted by molar-refractivity contribution is 7.89. The van der Waals surface area contributed by atoms with Gasteiger partial charge in [0.15, 0.2) is 0 Å². The molecule has 57 heavy (non-hydrogen) atoms. The van der Waals surface area contributed by atoms with E-state index in [1.54, 1.807) is 91.9 Å². The number of rotatable bonds is 16. The number of hydrogen-bond donors (Lipinski definition) is 2. The molecule has 8 nitrogen and oxygen atoms in total. The molecule has 6 rings (SSSR count). The zero-order valence-electron chi connectivity index (χ0n) is 31.2. The maximum Gasteiger partial charge on any atom is 0.240 e. The van der Waals surface area contributed by atoms with Crippen LogP contribution in [0.1, 0.15) is 25.0 Å². The lowest BCUT2D eigenvalue weighted by molar-refractivity contribution is 0.170. The molecular weight excluding hydrogens is 823 g/mol. The lowest BCUT2D eigenvalue weighted by atomic mass is 10.0. The standard InChI is InChI=1S/C22H21Cl2NO3S.C22H22ClNO3S/c1-16(25-29(26,27)19-7-3-2-4-8-19)22(15-17-11-13-18(23)14-12-17)28-21-10-6-5-9-20(21)24;1-17(24-28(25,26)21-10-6-3-7-11-21)22(27-20-8-4-2-5-9-20)16-18-12-14-19(23)15-13-18/h2-14,16,22,25H,15H2,1H3;2-15,17,22,24H,16H2,1H3. The van der Waals surface area contributed by atoms with Crippen molar-refractivity contribution in [2.45, 2.75) is 60.8 Å². The fourth-order valence-electron chi connectivity index (χ4n) is 5.70. The molecule has 6 aromatic rings. The number of ether oxygens (including phenoxy) is 2. The van der Waals surface area contributed by atoms with Crippen LogP contribution in [-0.2, 0) is 32.9 Å². The van der Waals surface area contributed by atoms with Crippen LogP contribution in [0, 0.1) is 0 Å². The zero-order chi connectivity index (χ0) is 40.8. The van der Waals surface area contributed by atoms with E-state index in [1.807, 2.05) is 85.8 Å². The van der Waals surface area contributed by atoms with Crippen LogP contribution < -0.4 is 18.9 Å². The Morgan fingerprint density at radius 1 is 0.474 bits per heavy atom. The van der Waals surface area contributed by atoms with Crippen molar-refractivity contribution in [3.05, 3.63) is 190 Å². The molecule has 13 heteroatoms. The lowest BCUT2D eigenvalue weighted by Gasteiger charge is -2.26. The van der Waals surface area contributed by atoms with Crippen LogP contribution in [0.15, 0.2) is 174 Å². The molecule has 6 aromatic carbocycles. The fourth-order valence-corrected chi connectivity index (χ4v) is 8.72. The van der Waals surface area contributed by atoms with E-state index in [4.69, 9.17) is 44.3 Å². The van der Waals surface area contributed by atoms with Crippen LogP contribution >= 0.6 is 34.8 Å². The molecule has 0 spiro atoms. The summed E-state index contributed by atoms with van der Waals surface area (Å²) >= 11 is 18.2. The number of nitrogens with one attached hydrogen (secondary N) is 2. The Morgan fingerprint density at radius 2 is 0.842 bits per heavy atom. The first-order valence-electron chi connectivity index (χ1n) is 18.1. The van der Waals surface area contributed by atoms with E-state index >= 15 is 0 Å². The van der Waals surface area contributed by atoms with E-state index < -0.39 is 44.3 Å². The predicted octanol–water partition coefficient (Wildman–Crippen LogP) is 10.0. The summed E-state index contributed by atoms with van der Waals surface area (Å²) in [6.07, 6.45) is 0.113. The van der Waals surface area contributed by atoms with Crippen LogP contribution in [0.4, 0.5) is 0 Å². The van der Waals surface area contributed by atoms with Crippen LogP contribution in [0.2, 0.25) is 15.1 Å². The topological polar surface area (TPSA) is 111 Å². The van der Waals surface area contributed by atoms with Crippen molar-refractivity contribution in [1.29, 1.82) is 0 Å². The smallest absolute Gasteiger partial charge is 0.240 e. The van der Waals surface area contributed by atoms with Gasteiger partial charge in [-0.3, -0.25) is 0 Å². The largest absolute Gasteiger partial charge is 0.488 e. The van der Waals surface area contributed by atoms with Crippen LogP contribution in [0.5, 0.6) is 11.5 Å². The summed E-state index contributed by atoms with van der Waals surface area (Å²) in [5, 5.41) is 1.75. The Balaban J connectivity index is 0.000000218. The zero-order valence-corrected chi connectivity index (χ0v) is 35.1. The molecule has 4 unspecified atom stereocenters. The van der Waals surface area contributed by atoms with Gasteiger partial charge in [0.2, 0.25) is 20.0 Å². The minimum atomic E-state index is -3.69. The average Bonchev–Trinajstić information content (AvgIpc) is 3.21. The van der Waals surface area contributed by atoms with Crippen LogP contribution in [0.25, 0.3) is 0 Å². The van der Waals surface area contributed by atoms with Crippen molar-refractivity contribution in [1.82, 2.24) is 9.44 Å². The highest BCUT2D eigenvalue weighted by atomic mass is 35.5. The average molecular weight is 866 g/mol. The molecule has 2 N–H and O–H groups in total. The number of halogens is 3. The Kier molecular flexibility index (Phi) is 16.0. The molecular formula is C44H43Cl3N2O6S2. The summed E-state index contributed by atoms with van der Waals surface area (Å²) in [7, 11) is -7.34. The molecule has 0 aliphatic rings. The van der Waals surface area contributed by atoms with Gasteiger partial charge in [-0.2, -0.15) is 0 Å². The molecule has 0 aliphatic carbocycles. The second-order valence-electron chi connectivity index (χ2n) is 13.2. The first-order chi connectivity index (χ1) is 27.3.